The van der Waals surface area contributed by atoms with E-state index in [4.69, 9.17) is 0 Å². The number of benzene rings is 1. The smallest absolute Gasteiger partial charge is 0.315 e. The maximum Gasteiger partial charge on any atom is 0.315 e. The van der Waals surface area contributed by atoms with Crippen LogP contribution in [0.4, 0.5) is 4.79 Å². The van der Waals surface area contributed by atoms with Gasteiger partial charge in [0.2, 0.25) is 0 Å². The van der Waals surface area contributed by atoms with Crippen molar-refractivity contribution in [1.82, 2.24) is 10.6 Å². The highest BCUT2D eigenvalue weighted by molar-refractivity contribution is 9.10. The van der Waals surface area contributed by atoms with Crippen LogP contribution in [0.25, 0.3) is 0 Å². The summed E-state index contributed by atoms with van der Waals surface area (Å²) >= 11 is 3.47. The van der Waals surface area contributed by atoms with Gasteiger partial charge in [-0.15, -0.1) is 0 Å². The molecule has 0 saturated heterocycles. The average molecular weight is 351 g/mol. The predicted octanol–water partition coefficient (Wildman–Crippen LogP) is 4.53. The Morgan fingerprint density at radius 3 is 2.29 bits per heavy atom. The minimum Gasteiger partial charge on any atom is -0.335 e. The van der Waals surface area contributed by atoms with Gasteiger partial charge in [0.1, 0.15) is 0 Å². The summed E-state index contributed by atoms with van der Waals surface area (Å²) in [5.41, 5.74) is 1.21. The van der Waals surface area contributed by atoms with Gasteiger partial charge in [-0.3, -0.25) is 0 Å². The van der Waals surface area contributed by atoms with Gasteiger partial charge in [-0.05, 0) is 49.3 Å². The van der Waals surface area contributed by atoms with Gasteiger partial charge in [0.05, 0.1) is 6.04 Å². The predicted molar refractivity (Wildman–Crippen MR) is 88.1 cm³/mol. The first-order valence-corrected chi connectivity index (χ1v) is 8.84. The Labute approximate surface area is 135 Å². The molecule has 2 amide bonds. The van der Waals surface area contributed by atoms with Crippen LogP contribution in [0.2, 0.25) is 0 Å². The highest BCUT2D eigenvalue weighted by Gasteiger charge is 2.30. The van der Waals surface area contributed by atoms with Crippen LogP contribution in [0.1, 0.15) is 56.6 Å². The van der Waals surface area contributed by atoms with E-state index in [0.29, 0.717) is 12.0 Å². The van der Waals surface area contributed by atoms with Crippen LogP contribution in [0.15, 0.2) is 28.7 Å². The monoisotopic (exact) mass is 350 g/mol. The second kappa shape index (κ2) is 6.82. The molecule has 0 unspecified atom stereocenters. The second-order valence-corrected chi connectivity index (χ2v) is 7.24. The van der Waals surface area contributed by atoms with Gasteiger partial charge in [-0.2, -0.15) is 0 Å². The van der Waals surface area contributed by atoms with Crippen molar-refractivity contribution in [3.05, 3.63) is 34.3 Å². The number of nitrogens with one attached hydrogen (secondary N) is 2. The molecule has 4 heteroatoms. The van der Waals surface area contributed by atoms with E-state index in [0.717, 1.165) is 17.3 Å². The number of amides is 2. The third-order valence-electron chi connectivity index (χ3n) is 4.83. The van der Waals surface area contributed by atoms with E-state index in [1.165, 1.54) is 37.7 Å². The number of rotatable bonds is 4. The molecule has 114 valence electrons. The van der Waals surface area contributed by atoms with Crippen molar-refractivity contribution in [2.45, 2.75) is 57.0 Å². The Balaban J connectivity index is 1.64. The number of carbonyl (C=O) groups is 1. The maximum atomic E-state index is 12.3. The number of hydrogen-bond donors (Lipinski definition) is 2. The summed E-state index contributed by atoms with van der Waals surface area (Å²) in [4.78, 5) is 12.3. The Bertz CT molecular complexity index is 478. The largest absolute Gasteiger partial charge is 0.335 e. The number of hydrogen-bond acceptors (Lipinski definition) is 1. The van der Waals surface area contributed by atoms with Crippen molar-refractivity contribution in [3.8, 4) is 0 Å². The molecule has 3 nitrogen and oxygen atoms in total. The van der Waals surface area contributed by atoms with Crippen LogP contribution in [0.5, 0.6) is 0 Å². The van der Waals surface area contributed by atoms with Crippen molar-refractivity contribution in [1.29, 1.82) is 0 Å². The summed E-state index contributed by atoms with van der Waals surface area (Å²) in [6.45, 7) is 0. The molecule has 2 aliphatic rings. The summed E-state index contributed by atoms with van der Waals surface area (Å²) < 4.78 is 1.08. The Morgan fingerprint density at radius 1 is 1.05 bits per heavy atom. The minimum atomic E-state index is 0.00159. The molecule has 0 heterocycles. The van der Waals surface area contributed by atoms with E-state index in [-0.39, 0.29) is 12.1 Å². The van der Waals surface area contributed by atoms with E-state index >= 15 is 0 Å². The standard InChI is InChI=1S/C17H23BrN2O/c18-14-10-8-13(9-11-14)16(12-4-3-5-12)20-17(21)19-15-6-1-2-7-15/h8-12,15-16H,1-7H2,(H2,19,20,21)/t16-/m0/s1. The SMILES string of the molecule is O=C(NC1CCCC1)N[C@H](c1ccc(Br)cc1)C1CCC1. The second-order valence-electron chi connectivity index (χ2n) is 6.32. The van der Waals surface area contributed by atoms with Gasteiger partial charge in [0.25, 0.3) is 0 Å². The van der Waals surface area contributed by atoms with E-state index in [1.54, 1.807) is 0 Å². The molecular weight excluding hydrogens is 328 g/mol. The first-order chi connectivity index (χ1) is 10.2. The van der Waals surface area contributed by atoms with Crippen molar-refractivity contribution in [2.75, 3.05) is 0 Å². The van der Waals surface area contributed by atoms with Crippen LogP contribution in [0, 0.1) is 5.92 Å². The lowest BCUT2D eigenvalue weighted by molar-refractivity contribution is 0.205. The zero-order valence-electron chi connectivity index (χ0n) is 12.3. The molecule has 0 aliphatic heterocycles. The van der Waals surface area contributed by atoms with Gasteiger partial charge in [0.15, 0.2) is 0 Å². The fourth-order valence-corrected chi connectivity index (χ4v) is 3.62. The fourth-order valence-electron chi connectivity index (χ4n) is 3.36. The Morgan fingerprint density at radius 2 is 1.71 bits per heavy atom. The van der Waals surface area contributed by atoms with Crippen molar-refractivity contribution in [2.24, 2.45) is 5.92 Å². The molecule has 0 aromatic heterocycles. The molecule has 2 fully saturated rings. The molecular formula is C17H23BrN2O. The van der Waals surface area contributed by atoms with E-state index in [9.17, 15) is 4.79 Å². The quantitative estimate of drug-likeness (QED) is 0.822. The summed E-state index contributed by atoms with van der Waals surface area (Å²) in [6.07, 6.45) is 8.44. The third kappa shape index (κ3) is 3.79. The van der Waals surface area contributed by atoms with E-state index in [2.05, 4.69) is 50.8 Å². The normalized spacial score (nSPS) is 20.8. The summed E-state index contributed by atoms with van der Waals surface area (Å²) in [6, 6.07) is 8.85. The van der Waals surface area contributed by atoms with Gasteiger partial charge in [-0.1, -0.05) is 47.3 Å². The lowest BCUT2D eigenvalue weighted by Crippen LogP contribution is -2.45. The zero-order valence-corrected chi connectivity index (χ0v) is 13.9. The van der Waals surface area contributed by atoms with E-state index in [1.807, 2.05) is 0 Å². The van der Waals surface area contributed by atoms with Gasteiger partial charge in [0, 0.05) is 10.5 Å². The number of halogens is 1. The van der Waals surface area contributed by atoms with Gasteiger partial charge < -0.3 is 10.6 Å². The average Bonchev–Trinajstić information content (AvgIpc) is 2.89. The summed E-state index contributed by atoms with van der Waals surface area (Å²) in [5.74, 6) is 0.584. The number of carbonyl (C=O) groups excluding carboxylic acids is 1. The lowest BCUT2D eigenvalue weighted by atomic mass is 9.77. The van der Waals surface area contributed by atoms with Gasteiger partial charge in [-0.25, -0.2) is 4.79 Å². The topological polar surface area (TPSA) is 41.1 Å². The highest BCUT2D eigenvalue weighted by Crippen LogP contribution is 2.38. The van der Waals surface area contributed by atoms with Gasteiger partial charge >= 0.3 is 6.03 Å². The molecule has 3 rings (SSSR count). The maximum absolute atomic E-state index is 12.3. The molecule has 1 aromatic carbocycles. The van der Waals surface area contributed by atoms with Crippen molar-refractivity contribution in [3.63, 3.8) is 0 Å². The molecule has 2 saturated carbocycles. The number of urea groups is 1. The molecule has 0 spiro atoms. The summed E-state index contributed by atoms with van der Waals surface area (Å²) in [7, 11) is 0. The lowest BCUT2D eigenvalue weighted by Gasteiger charge is -2.35. The molecule has 1 aromatic rings. The zero-order chi connectivity index (χ0) is 14.7. The Kier molecular flexibility index (Phi) is 4.84. The van der Waals surface area contributed by atoms with Crippen LogP contribution < -0.4 is 10.6 Å². The first-order valence-electron chi connectivity index (χ1n) is 8.05. The van der Waals surface area contributed by atoms with Crippen LogP contribution in [-0.2, 0) is 0 Å². The molecule has 2 N–H and O–H groups in total. The van der Waals surface area contributed by atoms with Crippen LogP contribution >= 0.6 is 15.9 Å². The molecule has 1 atom stereocenters. The van der Waals surface area contributed by atoms with Crippen LogP contribution in [0.3, 0.4) is 0 Å². The van der Waals surface area contributed by atoms with E-state index < -0.39 is 0 Å². The van der Waals surface area contributed by atoms with Crippen molar-refractivity contribution < 1.29 is 4.79 Å². The molecule has 21 heavy (non-hydrogen) atoms. The Hall–Kier alpha value is -1.03. The fraction of sp³-hybridized carbons (Fsp3) is 0.588. The van der Waals surface area contributed by atoms with Crippen molar-refractivity contribution >= 4 is 22.0 Å². The van der Waals surface area contributed by atoms with Crippen LogP contribution in [-0.4, -0.2) is 12.1 Å². The summed E-state index contributed by atoms with van der Waals surface area (Å²) in [5, 5.41) is 6.35. The molecule has 0 radical (unpaired) electrons. The first kappa shape index (κ1) is 14.9. The third-order valence-corrected chi connectivity index (χ3v) is 5.36. The highest BCUT2D eigenvalue weighted by atomic mass is 79.9. The molecule has 2 aliphatic carbocycles. The molecule has 0 bridgehead atoms. The minimum absolute atomic E-state index is 0.00159.